The molecule has 158 valence electrons. The molecule has 0 fully saturated rings. The minimum atomic E-state index is -0.254. The molecule has 0 unspecified atom stereocenters. The number of nitrogens with one attached hydrogen (secondary N) is 1. The van der Waals surface area contributed by atoms with Crippen molar-refractivity contribution >= 4 is 69.9 Å². The maximum Gasteiger partial charge on any atom is 0.234 e. The first kappa shape index (κ1) is 23.2. The van der Waals surface area contributed by atoms with E-state index in [4.69, 9.17) is 34.8 Å². The highest BCUT2D eigenvalue weighted by atomic mass is 35.5. The number of carbonyl (C=O) groups excluding carboxylic acids is 1. The minimum absolute atomic E-state index is 0.130. The molecule has 30 heavy (non-hydrogen) atoms. The van der Waals surface area contributed by atoms with Gasteiger partial charge in [-0.15, -0.1) is 22.0 Å². The Morgan fingerprint density at radius 1 is 1.07 bits per heavy atom. The van der Waals surface area contributed by atoms with Crippen LogP contribution < -0.4 is 5.32 Å². The number of aromatic nitrogens is 3. The van der Waals surface area contributed by atoms with Crippen molar-refractivity contribution in [2.24, 2.45) is 7.05 Å². The van der Waals surface area contributed by atoms with E-state index in [0.29, 0.717) is 31.7 Å². The number of hydrogen-bond acceptors (Lipinski definition) is 5. The molecule has 1 amide bonds. The molecule has 0 saturated heterocycles. The van der Waals surface area contributed by atoms with Crippen LogP contribution in [-0.2, 0) is 23.3 Å². The number of rotatable bonds is 8. The molecule has 0 saturated carbocycles. The summed E-state index contributed by atoms with van der Waals surface area (Å²) < 4.78 is 14.8. The van der Waals surface area contributed by atoms with Gasteiger partial charge in [0.2, 0.25) is 5.91 Å². The zero-order valence-corrected chi connectivity index (χ0v) is 19.6. The van der Waals surface area contributed by atoms with Gasteiger partial charge in [-0.05, 0) is 29.8 Å². The third-order valence-electron chi connectivity index (χ3n) is 3.95. The van der Waals surface area contributed by atoms with E-state index in [9.17, 15) is 9.18 Å². The molecule has 0 atom stereocenters. The summed E-state index contributed by atoms with van der Waals surface area (Å²) in [5.41, 5.74) is 1.43. The molecule has 0 aliphatic heterocycles. The monoisotopic (exact) mass is 504 g/mol. The summed E-state index contributed by atoms with van der Waals surface area (Å²) in [7, 11) is 1.85. The predicted octanol–water partition coefficient (Wildman–Crippen LogP) is 6.08. The van der Waals surface area contributed by atoms with Crippen LogP contribution in [0.2, 0.25) is 15.1 Å². The van der Waals surface area contributed by atoms with Crippen LogP contribution in [0.15, 0.2) is 41.6 Å². The Morgan fingerprint density at radius 3 is 2.50 bits per heavy atom. The van der Waals surface area contributed by atoms with Crippen LogP contribution in [0.3, 0.4) is 0 Å². The zero-order valence-electron chi connectivity index (χ0n) is 15.7. The van der Waals surface area contributed by atoms with Gasteiger partial charge in [0.15, 0.2) is 5.16 Å². The van der Waals surface area contributed by atoms with E-state index in [2.05, 4.69) is 15.5 Å². The molecule has 0 radical (unpaired) electrons. The fourth-order valence-electron chi connectivity index (χ4n) is 2.37. The molecular weight excluding hydrogens is 490 g/mol. The SMILES string of the molecule is Cn1c(CSCc2ccc(F)cc2)nnc1SCC(=O)Nc1cc(Cl)c(Cl)cc1Cl. The number of carbonyl (C=O) groups is 1. The Morgan fingerprint density at radius 2 is 1.77 bits per heavy atom. The van der Waals surface area contributed by atoms with Crippen LogP contribution in [0, 0.1) is 5.82 Å². The van der Waals surface area contributed by atoms with Gasteiger partial charge in [-0.3, -0.25) is 4.79 Å². The highest BCUT2D eigenvalue weighted by Gasteiger charge is 2.13. The van der Waals surface area contributed by atoms with Gasteiger partial charge in [-0.1, -0.05) is 58.7 Å². The second kappa shape index (κ2) is 10.7. The molecule has 0 aliphatic carbocycles. The quantitative estimate of drug-likeness (QED) is 0.297. The van der Waals surface area contributed by atoms with E-state index in [1.807, 2.05) is 11.6 Å². The topological polar surface area (TPSA) is 59.8 Å². The molecule has 5 nitrogen and oxygen atoms in total. The summed E-state index contributed by atoms with van der Waals surface area (Å²) in [5, 5.41) is 12.6. The lowest BCUT2D eigenvalue weighted by atomic mass is 10.2. The van der Waals surface area contributed by atoms with Crippen molar-refractivity contribution in [1.29, 1.82) is 0 Å². The van der Waals surface area contributed by atoms with Gasteiger partial charge in [0, 0.05) is 12.8 Å². The molecular formula is C19H16Cl3FN4OS2. The molecule has 1 heterocycles. The smallest absolute Gasteiger partial charge is 0.234 e. The van der Waals surface area contributed by atoms with E-state index in [1.165, 1.54) is 36.0 Å². The minimum Gasteiger partial charge on any atom is -0.324 e. The van der Waals surface area contributed by atoms with Crippen molar-refractivity contribution in [2.75, 3.05) is 11.1 Å². The Hall–Kier alpha value is -1.45. The van der Waals surface area contributed by atoms with Gasteiger partial charge >= 0.3 is 0 Å². The highest BCUT2D eigenvalue weighted by molar-refractivity contribution is 7.99. The van der Waals surface area contributed by atoms with Crippen LogP contribution in [0.5, 0.6) is 0 Å². The number of thioether (sulfide) groups is 2. The van der Waals surface area contributed by atoms with Crippen LogP contribution in [0.25, 0.3) is 0 Å². The van der Waals surface area contributed by atoms with Gasteiger partial charge < -0.3 is 9.88 Å². The van der Waals surface area contributed by atoms with Crippen LogP contribution in [0.4, 0.5) is 10.1 Å². The van der Waals surface area contributed by atoms with Gasteiger partial charge in [-0.25, -0.2) is 4.39 Å². The summed E-state index contributed by atoms with van der Waals surface area (Å²) in [4.78, 5) is 12.3. The maximum absolute atomic E-state index is 13.0. The van der Waals surface area contributed by atoms with Gasteiger partial charge in [0.1, 0.15) is 11.6 Å². The summed E-state index contributed by atoms with van der Waals surface area (Å²) in [6.45, 7) is 0. The molecule has 1 aromatic heterocycles. The molecule has 11 heteroatoms. The number of halogens is 4. The van der Waals surface area contributed by atoms with E-state index in [1.54, 1.807) is 23.9 Å². The Bertz CT molecular complexity index is 1050. The summed E-state index contributed by atoms with van der Waals surface area (Å²) in [6.07, 6.45) is 0. The number of amides is 1. The number of benzene rings is 2. The van der Waals surface area contributed by atoms with Crippen molar-refractivity contribution < 1.29 is 9.18 Å². The van der Waals surface area contributed by atoms with E-state index < -0.39 is 0 Å². The maximum atomic E-state index is 13.0. The zero-order chi connectivity index (χ0) is 21.7. The first-order valence-corrected chi connectivity index (χ1v) is 11.9. The standard InChI is InChI=1S/C19H16Cl3FN4OS2/c1-27-17(9-29-8-11-2-4-12(23)5-3-11)25-26-19(27)30-10-18(28)24-16-7-14(21)13(20)6-15(16)22/h2-7H,8-10H2,1H3,(H,24,28). The van der Waals surface area contributed by atoms with Crippen molar-refractivity contribution in [3.63, 3.8) is 0 Å². The fourth-order valence-corrected chi connectivity index (χ4v) is 4.66. The summed E-state index contributed by atoms with van der Waals surface area (Å²) in [5.74, 6) is 1.80. The fraction of sp³-hybridized carbons (Fsp3) is 0.211. The predicted molar refractivity (Wildman–Crippen MR) is 123 cm³/mol. The van der Waals surface area contributed by atoms with Gasteiger partial charge in [0.25, 0.3) is 0 Å². The second-order valence-electron chi connectivity index (χ2n) is 6.16. The Balaban J connectivity index is 1.50. The molecule has 0 aliphatic rings. The Labute approximate surface area is 196 Å². The number of anilines is 1. The van der Waals surface area contributed by atoms with E-state index >= 15 is 0 Å². The van der Waals surface area contributed by atoms with Gasteiger partial charge in [0.05, 0.1) is 32.3 Å². The first-order chi connectivity index (χ1) is 14.3. The molecule has 3 rings (SSSR count). The van der Waals surface area contributed by atoms with Crippen LogP contribution in [-0.4, -0.2) is 26.4 Å². The average molecular weight is 506 g/mol. The lowest BCUT2D eigenvalue weighted by molar-refractivity contribution is -0.113. The molecule has 0 bridgehead atoms. The van der Waals surface area contributed by atoms with Crippen molar-refractivity contribution in [1.82, 2.24) is 14.8 Å². The molecule has 2 aromatic carbocycles. The average Bonchev–Trinajstić information content (AvgIpc) is 3.06. The van der Waals surface area contributed by atoms with E-state index in [-0.39, 0.29) is 17.5 Å². The van der Waals surface area contributed by atoms with Crippen molar-refractivity contribution in [3.05, 3.63) is 68.7 Å². The van der Waals surface area contributed by atoms with E-state index in [0.717, 1.165) is 17.1 Å². The largest absolute Gasteiger partial charge is 0.324 e. The van der Waals surface area contributed by atoms with Crippen LogP contribution in [0.1, 0.15) is 11.4 Å². The third kappa shape index (κ3) is 6.28. The summed E-state index contributed by atoms with van der Waals surface area (Å²) >= 11 is 20.9. The van der Waals surface area contributed by atoms with Crippen LogP contribution >= 0.6 is 58.3 Å². The Kier molecular flexibility index (Phi) is 8.30. The highest BCUT2D eigenvalue weighted by Crippen LogP contribution is 2.32. The second-order valence-corrected chi connectivity index (χ2v) is 9.31. The number of nitrogens with zero attached hydrogens (tertiary/aromatic N) is 3. The summed E-state index contributed by atoms with van der Waals surface area (Å²) in [6, 6.07) is 9.41. The first-order valence-electron chi connectivity index (χ1n) is 8.61. The van der Waals surface area contributed by atoms with Crippen molar-refractivity contribution in [2.45, 2.75) is 16.7 Å². The van der Waals surface area contributed by atoms with Crippen molar-refractivity contribution in [3.8, 4) is 0 Å². The third-order valence-corrected chi connectivity index (χ3v) is 7.01. The molecule has 0 spiro atoms. The van der Waals surface area contributed by atoms with Gasteiger partial charge in [-0.2, -0.15) is 0 Å². The lowest BCUT2D eigenvalue weighted by Gasteiger charge is -2.08. The number of hydrogen-bond donors (Lipinski definition) is 1. The molecule has 3 aromatic rings. The molecule has 1 N–H and O–H groups in total. The normalized spacial score (nSPS) is 11.0. The lowest BCUT2D eigenvalue weighted by Crippen LogP contribution is -2.15.